The summed E-state index contributed by atoms with van der Waals surface area (Å²) in [6.07, 6.45) is 4.01. The van der Waals surface area contributed by atoms with Crippen LogP contribution in [-0.4, -0.2) is 16.4 Å². The Morgan fingerprint density at radius 1 is 1.50 bits per heavy atom. The van der Waals surface area contributed by atoms with Crippen molar-refractivity contribution in [1.29, 1.82) is 0 Å². The quantitative estimate of drug-likeness (QED) is 0.654. The third-order valence-corrected chi connectivity index (χ3v) is 2.36. The fourth-order valence-corrected chi connectivity index (χ4v) is 1.35. The number of nitrogens with zero attached hydrogens (tertiary/aromatic N) is 2. The topological polar surface area (TPSA) is 27.1 Å². The molecule has 1 heterocycles. The molecule has 3 heteroatoms. The Kier molecular flexibility index (Phi) is 4.66. The monoisotopic (exact) mass is 196 g/mol. The Hall–Kier alpha value is -0.830. The van der Waals surface area contributed by atoms with Crippen LogP contribution in [-0.2, 0) is 11.3 Å². The first-order chi connectivity index (χ1) is 6.79. The van der Waals surface area contributed by atoms with Crippen LogP contribution >= 0.6 is 0 Å². The molecule has 1 rings (SSSR count). The van der Waals surface area contributed by atoms with Crippen LogP contribution in [0.15, 0.2) is 12.3 Å². The Labute approximate surface area is 86.1 Å². The molecule has 1 atom stereocenters. The van der Waals surface area contributed by atoms with Crippen LogP contribution < -0.4 is 0 Å². The van der Waals surface area contributed by atoms with Crippen molar-refractivity contribution in [3.8, 4) is 0 Å². The van der Waals surface area contributed by atoms with E-state index in [0.717, 1.165) is 19.4 Å². The van der Waals surface area contributed by atoms with Crippen molar-refractivity contribution in [1.82, 2.24) is 9.78 Å². The van der Waals surface area contributed by atoms with E-state index in [0.29, 0.717) is 12.6 Å². The molecule has 0 saturated heterocycles. The van der Waals surface area contributed by atoms with Crippen LogP contribution in [0.2, 0.25) is 0 Å². The maximum atomic E-state index is 5.50. The summed E-state index contributed by atoms with van der Waals surface area (Å²) in [7, 11) is 0. The molecule has 0 aliphatic heterocycles. The Bertz CT molecular complexity index is 258. The molecular formula is C11H20N2O. The SMILES string of the molecule is CCCOCc1ccnn1[C@H](C)CC. The molecule has 0 bridgehead atoms. The van der Waals surface area contributed by atoms with Gasteiger partial charge in [-0.1, -0.05) is 13.8 Å². The molecule has 0 saturated carbocycles. The van der Waals surface area contributed by atoms with E-state index >= 15 is 0 Å². The molecule has 0 aliphatic rings. The summed E-state index contributed by atoms with van der Waals surface area (Å²) in [5.74, 6) is 0. The highest BCUT2D eigenvalue weighted by molar-refractivity contribution is 5.00. The van der Waals surface area contributed by atoms with Crippen LogP contribution in [0.25, 0.3) is 0 Å². The second-order valence-corrected chi connectivity index (χ2v) is 3.58. The van der Waals surface area contributed by atoms with Gasteiger partial charge in [-0.05, 0) is 25.8 Å². The zero-order valence-corrected chi connectivity index (χ0v) is 9.36. The Morgan fingerprint density at radius 3 is 2.93 bits per heavy atom. The zero-order chi connectivity index (χ0) is 10.4. The molecule has 3 nitrogen and oxygen atoms in total. The van der Waals surface area contributed by atoms with E-state index in [1.807, 2.05) is 12.3 Å². The Morgan fingerprint density at radius 2 is 2.29 bits per heavy atom. The van der Waals surface area contributed by atoms with Gasteiger partial charge in [0.15, 0.2) is 0 Å². The summed E-state index contributed by atoms with van der Waals surface area (Å²) in [5.41, 5.74) is 1.17. The van der Waals surface area contributed by atoms with E-state index < -0.39 is 0 Å². The lowest BCUT2D eigenvalue weighted by Crippen LogP contribution is -2.10. The smallest absolute Gasteiger partial charge is 0.0884 e. The lowest BCUT2D eigenvalue weighted by molar-refractivity contribution is 0.114. The first-order valence-electron chi connectivity index (χ1n) is 5.39. The van der Waals surface area contributed by atoms with Crippen molar-refractivity contribution in [3.05, 3.63) is 18.0 Å². The molecule has 1 aromatic heterocycles. The van der Waals surface area contributed by atoms with Gasteiger partial charge in [0.25, 0.3) is 0 Å². The third kappa shape index (κ3) is 2.84. The first kappa shape index (κ1) is 11.2. The molecule has 0 fully saturated rings. The minimum absolute atomic E-state index is 0.463. The molecule has 0 radical (unpaired) electrons. The minimum Gasteiger partial charge on any atom is -0.375 e. The Balaban J connectivity index is 2.53. The average molecular weight is 196 g/mol. The summed E-state index contributed by atoms with van der Waals surface area (Å²) in [5, 5.41) is 4.30. The fraction of sp³-hybridized carbons (Fsp3) is 0.727. The number of rotatable bonds is 6. The zero-order valence-electron chi connectivity index (χ0n) is 9.36. The van der Waals surface area contributed by atoms with Crippen LogP contribution in [0.1, 0.15) is 45.3 Å². The van der Waals surface area contributed by atoms with Crippen molar-refractivity contribution < 1.29 is 4.74 Å². The van der Waals surface area contributed by atoms with E-state index in [2.05, 4.69) is 30.6 Å². The predicted molar refractivity (Wildman–Crippen MR) is 57.2 cm³/mol. The first-order valence-corrected chi connectivity index (χ1v) is 5.39. The van der Waals surface area contributed by atoms with Crippen molar-refractivity contribution in [2.45, 2.75) is 46.3 Å². The van der Waals surface area contributed by atoms with Gasteiger partial charge >= 0.3 is 0 Å². The minimum atomic E-state index is 0.463. The van der Waals surface area contributed by atoms with Gasteiger partial charge in [0.05, 0.1) is 12.3 Å². The second kappa shape index (κ2) is 5.81. The van der Waals surface area contributed by atoms with Crippen molar-refractivity contribution in [2.24, 2.45) is 0 Å². The predicted octanol–water partition coefficient (Wildman–Crippen LogP) is 2.78. The van der Waals surface area contributed by atoms with Gasteiger partial charge in [-0.3, -0.25) is 4.68 Å². The normalized spacial score (nSPS) is 13.1. The molecule has 0 unspecified atom stereocenters. The highest BCUT2D eigenvalue weighted by Crippen LogP contribution is 2.12. The van der Waals surface area contributed by atoms with Gasteiger partial charge < -0.3 is 4.74 Å². The standard InChI is InChI=1S/C11H20N2O/c1-4-8-14-9-11-6-7-12-13(11)10(3)5-2/h6-7,10H,4-5,8-9H2,1-3H3/t10-/m1/s1. The van der Waals surface area contributed by atoms with Crippen LogP contribution in [0.3, 0.4) is 0 Å². The molecule has 0 aliphatic carbocycles. The molecule has 14 heavy (non-hydrogen) atoms. The van der Waals surface area contributed by atoms with Gasteiger partial charge in [-0.2, -0.15) is 5.10 Å². The molecule has 1 aromatic rings. The number of aromatic nitrogens is 2. The number of hydrogen-bond acceptors (Lipinski definition) is 2. The third-order valence-electron chi connectivity index (χ3n) is 2.36. The maximum absolute atomic E-state index is 5.50. The summed E-state index contributed by atoms with van der Waals surface area (Å²) >= 11 is 0. The molecular weight excluding hydrogens is 176 g/mol. The fourth-order valence-electron chi connectivity index (χ4n) is 1.35. The van der Waals surface area contributed by atoms with E-state index in [4.69, 9.17) is 4.74 Å². The number of ether oxygens (including phenoxy) is 1. The second-order valence-electron chi connectivity index (χ2n) is 3.58. The molecule has 0 aromatic carbocycles. The van der Waals surface area contributed by atoms with E-state index in [9.17, 15) is 0 Å². The average Bonchev–Trinajstić information content (AvgIpc) is 2.65. The van der Waals surface area contributed by atoms with Crippen molar-refractivity contribution in [2.75, 3.05) is 6.61 Å². The molecule has 0 amide bonds. The largest absolute Gasteiger partial charge is 0.375 e. The van der Waals surface area contributed by atoms with Crippen LogP contribution in [0.4, 0.5) is 0 Å². The van der Waals surface area contributed by atoms with Gasteiger partial charge in [0.1, 0.15) is 0 Å². The van der Waals surface area contributed by atoms with E-state index in [-0.39, 0.29) is 0 Å². The van der Waals surface area contributed by atoms with Crippen molar-refractivity contribution >= 4 is 0 Å². The summed E-state index contributed by atoms with van der Waals surface area (Å²) in [6, 6.07) is 2.49. The van der Waals surface area contributed by atoms with Crippen LogP contribution in [0, 0.1) is 0 Å². The summed E-state index contributed by atoms with van der Waals surface area (Å²) in [6.45, 7) is 7.97. The van der Waals surface area contributed by atoms with Gasteiger partial charge in [0, 0.05) is 18.8 Å². The molecule has 80 valence electrons. The summed E-state index contributed by atoms with van der Waals surface area (Å²) < 4.78 is 7.55. The highest BCUT2D eigenvalue weighted by Gasteiger charge is 2.07. The van der Waals surface area contributed by atoms with Gasteiger partial charge in [-0.15, -0.1) is 0 Å². The van der Waals surface area contributed by atoms with Crippen LogP contribution in [0.5, 0.6) is 0 Å². The van der Waals surface area contributed by atoms with Gasteiger partial charge in [-0.25, -0.2) is 0 Å². The molecule has 0 spiro atoms. The van der Waals surface area contributed by atoms with E-state index in [1.54, 1.807) is 0 Å². The summed E-state index contributed by atoms with van der Waals surface area (Å²) in [4.78, 5) is 0. The van der Waals surface area contributed by atoms with E-state index in [1.165, 1.54) is 5.69 Å². The highest BCUT2D eigenvalue weighted by atomic mass is 16.5. The van der Waals surface area contributed by atoms with Crippen molar-refractivity contribution in [3.63, 3.8) is 0 Å². The lowest BCUT2D eigenvalue weighted by Gasteiger charge is -2.13. The lowest BCUT2D eigenvalue weighted by atomic mass is 10.2. The maximum Gasteiger partial charge on any atom is 0.0884 e. The number of hydrogen-bond donors (Lipinski definition) is 0. The molecule has 0 N–H and O–H groups in total. The van der Waals surface area contributed by atoms with Gasteiger partial charge in [0.2, 0.25) is 0 Å².